The Morgan fingerprint density at radius 3 is 2.53 bits per heavy atom. The molecule has 0 radical (unpaired) electrons. The van der Waals surface area contributed by atoms with Gasteiger partial charge >= 0.3 is 0 Å². The van der Waals surface area contributed by atoms with Gasteiger partial charge < -0.3 is 15.5 Å². The number of nitrogens with one attached hydrogen (secondary N) is 2. The molecule has 1 saturated carbocycles. The average molecular weight is 538 g/mol. The molecule has 2 aliphatic rings. The maximum atomic E-state index is 13.1. The van der Waals surface area contributed by atoms with Crippen molar-refractivity contribution < 1.29 is 19.8 Å². The van der Waals surface area contributed by atoms with Crippen LogP contribution in [0.3, 0.4) is 0 Å². The number of aliphatic hydroxyl groups excluding tert-OH is 2. The molecule has 2 aromatic rings. The Kier molecular flexibility index (Phi) is 7.77. The minimum Gasteiger partial charge on any atom is -0.396 e. The maximum absolute atomic E-state index is 13.1. The lowest BCUT2D eigenvalue weighted by Crippen LogP contribution is -2.57. The molecule has 7 nitrogen and oxygen atoms in total. The predicted molar refractivity (Wildman–Crippen MR) is 150 cm³/mol. The first kappa shape index (κ1) is 28.3. The number of benzene rings is 1. The van der Waals surface area contributed by atoms with Gasteiger partial charge in [-0.15, -0.1) is 17.8 Å². The first-order chi connectivity index (χ1) is 17.8. The Labute approximate surface area is 229 Å². The second kappa shape index (κ2) is 10.4. The van der Waals surface area contributed by atoms with E-state index < -0.39 is 11.5 Å². The Bertz CT molecular complexity index is 1240. The molecule has 0 saturated heterocycles. The zero-order chi connectivity index (χ0) is 27.9. The highest BCUT2D eigenvalue weighted by Crippen LogP contribution is 2.62. The molecule has 1 heterocycles. The van der Waals surface area contributed by atoms with Crippen LogP contribution >= 0.6 is 11.3 Å². The van der Waals surface area contributed by atoms with Gasteiger partial charge in [0.25, 0.3) is 5.91 Å². The molecule has 204 valence electrons. The average Bonchev–Trinajstić information content (AvgIpc) is 3.28. The fourth-order valence-corrected chi connectivity index (χ4v) is 7.46. The van der Waals surface area contributed by atoms with E-state index in [2.05, 4.69) is 44.2 Å². The van der Waals surface area contributed by atoms with Gasteiger partial charge in [-0.05, 0) is 53.7 Å². The number of rotatable bonds is 6. The van der Waals surface area contributed by atoms with Crippen molar-refractivity contribution in [2.45, 2.75) is 77.7 Å². The summed E-state index contributed by atoms with van der Waals surface area (Å²) in [6, 6.07) is 7.59. The minimum atomic E-state index is -0.708. The predicted octanol–water partition coefficient (Wildman–Crippen LogP) is 4.25. The van der Waals surface area contributed by atoms with Crippen molar-refractivity contribution in [3.8, 4) is 12.3 Å². The summed E-state index contributed by atoms with van der Waals surface area (Å²) in [5, 5.41) is 27.5. The topological polar surface area (TPSA) is 112 Å². The first-order valence-corrected chi connectivity index (χ1v) is 14.1. The Morgan fingerprint density at radius 1 is 1.24 bits per heavy atom. The van der Waals surface area contributed by atoms with Crippen LogP contribution in [0.4, 0.5) is 5.13 Å². The standard InChI is InChI=1S/C30H39N3O4S/c1-7-14-31-24(36)15-20-25-21(16-22-29(20,5)13-12-23(35)30(22,6)17-34)38-27(32-25)33-26(37)18-8-10-19(11-9-18)28(2,3)4/h1,8-11,20,22-23,34-35H,12-17H2,2-6H3,(H,31,36)(H,32,33,37). The number of nitrogens with zero attached hydrogens (tertiary/aromatic N) is 1. The Morgan fingerprint density at radius 2 is 1.92 bits per heavy atom. The van der Waals surface area contributed by atoms with E-state index in [0.29, 0.717) is 30.0 Å². The van der Waals surface area contributed by atoms with E-state index in [1.807, 2.05) is 31.2 Å². The van der Waals surface area contributed by atoms with Crippen molar-refractivity contribution in [2.75, 3.05) is 18.5 Å². The molecule has 2 amide bonds. The first-order valence-electron chi connectivity index (χ1n) is 13.2. The van der Waals surface area contributed by atoms with Gasteiger partial charge in [-0.25, -0.2) is 4.98 Å². The quantitative estimate of drug-likeness (QED) is 0.412. The third-order valence-corrected chi connectivity index (χ3v) is 9.91. The number of aliphatic hydroxyl groups is 2. The van der Waals surface area contributed by atoms with E-state index in [4.69, 9.17) is 11.4 Å². The van der Waals surface area contributed by atoms with Crippen molar-refractivity contribution in [1.82, 2.24) is 10.3 Å². The fraction of sp³-hybridized carbons (Fsp3) is 0.567. The second-order valence-corrected chi connectivity index (χ2v) is 13.4. The number of carbonyl (C=O) groups excluding carboxylic acids is 2. The maximum Gasteiger partial charge on any atom is 0.257 e. The number of amides is 2. The summed E-state index contributed by atoms with van der Waals surface area (Å²) in [7, 11) is 0. The molecule has 0 spiro atoms. The molecule has 0 aliphatic heterocycles. The Hall–Kier alpha value is -2.73. The number of terminal acetylenes is 1. The number of hydrogen-bond acceptors (Lipinski definition) is 6. The van der Waals surface area contributed by atoms with Crippen LogP contribution in [0.25, 0.3) is 0 Å². The highest BCUT2D eigenvalue weighted by molar-refractivity contribution is 7.15. The molecule has 1 aromatic heterocycles. The summed E-state index contributed by atoms with van der Waals surface area (Å²) in [5.74, 6) is 1.75. The van der Waals surface area contributed by atoms with E-state index in [-0.39, 0.29) is 54.1 Å². The van der Waals surface area contributed by atoms with Crippen LogP contribution in [0.15, 0.2) is 24.3 Å². The third-order valence-electron chi connectivity index (χ3n) is 8.90. The lowest BCUT2D eigenvalue weighted by atomic mass is 9.47. The molecule has 0 bridgehead atoms. The van der Waals surface area contributed by atoms with Crippen LogP contribution in [0.5, 0.6) is 0 Å². The summed E-state index contributed by atoms with van der Waals surface area (Å²) >= 11 is 1.41. The van der Waals surface area contributed by atoms with Crippen LogP contribution in [0.2, 0.25) is 0 Å². The number of fused-ring (bicyclic) bond motifs is 2. The molecule has 5 unspecified atom stereocenters. The summed E-state index contributed by atoms with van der Waals surface area (Å²) in [4.78, 5) is 31.8. The van der Waals surface area contributed by atoms with E-state index in [1.54, 1.807) is 0 Å². The van der Waals surface area contributed by atoms with Gasteiger partial charge in [0, 0.05) is 28.2 Å². The van der Waals surface area contributed by atoms with Crippen LogP contribution in [-0.4, -0.2) is 46.3 Å². The zero-order valence-electron chi connectivity index (χ0n) is 22.9. The van der Waals surface area contributed by atoms with Crippen LogP contribution < -0.4 is 10.6 Å². The monoisotopic (exact) mass is 537 g/mol. The normalized spacial score (nSPS) is 28.5. The van der Waals surface area contributed by atoms with Crippen LogP contribution in [0.1, 0.15) is 86.3 Å². The number of anilines is 1. The van der Waals surface area contributed by atoms with Crippen molar-refractivity contribution in [1.29, 1.82) is 0 Å². The summed E-state index contributed by atoms with van der Waals surface area (Å²) in [6.45, 7) is 10.5. The van der Waals surface area contributed by atoms with Crippen molar-refractivity contribution in [2.24, 2.45) is 16.7 Å². The molecular weight excluding hydrogens is 498 g/mol. The highest BCUT2D eigenvalue weighted by atomic mass is 32.1. The van der Waals surface area contributed by atoms with E-state index >= 15 is 0 Å². The lowest BCUT2D eigenvalue weighted by Gasteiger charge is -2.58. The molecule has 2 aliphatic carbocycles. The molecular formula is C30H39N3O4S. The number of carbonyl (C=O) groups is 2. The van der Waals surface area contributed by atoms with Gasteiger partial charge in [0.15, 0.2) is 5.13 Å². The molecule has 1 aromatic carbocycles. The Balaban J connectivity index is 1.66. The summed E-state index contributed by atoms with van der Waals surface area (Å²) in [6.07, 6.45) is 6.78. The molecule has 5 atom stereocenters. The summed E-state index contributed by atoms with van der Waals surface area (Å²) in [5.41, 5.74) is 1.44. The molecule has 38 heavy (non-hydrogen) atoms. The second-order valence-electron chi connectivity index (χ2n) is 12.3. The van der Waals surface area contributed by atoms with Gasteiger partial charge in [0.05, 0.1) is 24.9 Å². The van der Waals surface area contributed by atoms with E-state index in [9.17, 15) is 19.8 Å². The van der Waals surface area contributed by atoms with Crippen LogP contribution in [0, 0.1) is 29.1 Å². The van der Waals surface area contributed by atoms with Crippen molar-refractivity contribution in [3.05, 3.63) is 46.0 Å². The van der Waals surface area contributed by atoms with Gasteiger partial charge in [0.1, 0.15) is 0 Å². The largest absolute Gasteiger partial charge is 0.396 e. The van der Waals surface area contributed by atoms with Crippen molar-refractivity contribution in [3.63, 3.8) is 0 Å². The third kappa shape index (κ3) is 5.12. The smallest absolute Gasteiger partial charge is 0.257 e. The van der Waals surface area contributed by atoms with Gasteiger partial charge in [0.2, 0.25) is 5.91 Å². The summed E-state index contributed by atoms with van der Waals surface area (Å²) < 4.78 is 0. The van der Waals surface area contributed by atoms with E-state index in [1.165, 1.54) is 11.3 Å². The van der Waals surface area contributed by atoms with Gasteiger partial charge in [-0.3, -0.25) is 14.9 Å². The van der Waals surface area contributed by atoms with Crippen LogP contribution in [-0.2, 0) is 16.6 Å². The fourth-order valence-electron chi connectivity index (χ4n) is 6.40. The molecule has 4 N–H and O–H groups in total. The number of thiazole rings is 1. The number of hydrogen-bond donors (Lipinski definition) is 4. The molecule has 8 heteroatoms. The van der Waals surface area contributed by atoms with Crippen molar-refractivity contribution >= 4 is 28.3 Å². The molecule has 1 fully saturated rings. The number of aromatic nitrogens is 1. The highest BCUT2D eigenvalue weighted by Gasteiger charge is 2.59. The SMILES string of the molecule is C#CCNC(=O)CC1c2nc(NC(=O)c3ccc(C(C)(C)C)cc3)sc2CC2C(C)(CO)C(O)CCC12C. The molecule has 4 rings (SSSR count). The van der Waals surface area contributed by atoms with E-state index in [0.717, 1.165) is 16.1 Å². The van der Waals surface area contributed by atoms with Gasteiger partial charge in [-0.2, -0.15) is 0 Å². The minimum absolute atomic E-state index is 0.00553. The van der Waals surface area contributed by atoms with Gasteiger partial charge in [-0.1, -0.05) is 52.7 Å². The lowest BCUT2D eigenvalue weighted by molar-refractivity contribution is -0.144. The zero-order valence-corrected chi connectivity index (χ0v) is 23.7.